The molecular formula is C57H94O6. The number of rotatable bonds is 45. The molecule has 0 spiro atoms. The van der Waals surface area contributed by atoms with Gasteiger partial charge in [0.15, 0.2) is 6.10 Å². The van der Waals surface area contributed by atoms with Gasteiger partial charge in [0.1, 0.15) is 13.2 Å². The van der Waals surface area contributed by atoms with Gasteiger partial charge in [0.05, 0.1) is 0 Å². The Morgan fingerprint density at radius 2 is 0.635 bits per heavy atom. The van der Waals surface area contributed by atoms with Crippen LogP contribution in [-0.2, 0) is 28.6 Å². The summed E-state index contributed by atoms with van der Waals surface area (Å²) in [5.41, 5.74) is 0. The Bertz CT molecular complexity index is 1280. The van der Waals surface area contributed by atoms with Crippen LogP contribution in [0.3, 0.4) is 0 Å². The summed E-state index contributed by atoms with van der Waals surface area (Å²) in [6.45, 7) is 6.40. The van der Waals surface area contributed by atoms with Gasteiger partial charge in [-0.05, 0) is 116 Å². The average molecular weight is 875 g/mol. The monoisotopic (exact) mass is 875 g/mol. The van der Waals surface area contributed by atoms with Crippen molar-refractivity contribution >= 4 is 17.9 Å². The van der Waals surface area contributed by atoms with E-state index in [2.05, 4.69) is 118 Å². The molecular weight excluding hydrogens is 781 g/mol. The van der Waals surface area contributed by atoms with Crippen LogP contribution in [0, 0.1) is 0 Å². The van der Waals surface area contributed by atoms with E-state index < -0.39 is 6.10 Å². The van der Waals surface area contributed by atoms with E-state index >= 15 is 0 Å². The molecule has 0 fully saturated rings. The third kappa shape index (κ3) is 49.2. The van der Waals surface area contributed by atoms with Crippen LogP contribution >= 0.6 is 0 Å². The largest absolute Gasteiger partial charge is 0.462 e. The molecule has 0 radical (unpaired) electrons. The number of hydrogen-bond acceptors (Lipinski definition) is 6. The smallest absolute Gasteiger partial charge is 0.306 e. The first-order chi connectivity index (χ1) is 31.0. The highest BCUT2D eigenvalue weighted by Crippen LogP contribution is 2.13. The predicted octanol–water partition coefficient (Wildman–Crippen LogP) is 17.0. The molecule has 0 aliphatic carbocycles. The SMILES string of the molecule is CC/C=C\C/C=C\C/C=C\C/C=C\C/C=C\CCCC(=O)OC[C@@H](COC(=O)CCCCCCC/C=C\CCCCCC)OC(=O)CCCCCCC/C=C\C/C=C\CCCCC. The molecule has 63 heavy (non-hydrogen) atoms. The van der Waals surface area contributed by atoms with Crippen molar-refractivity contribution in [1.29, 1.82) is 0 Å². The molecule has 0 N–H and O–H groups in total. The van der Waals surface area contributed by atoms with Gasteiger partial charge in [-0.25, -0.2) is 0 Å². The van der Waals surface area contributed by atoms with Gasteiger partial charge in [0.2, 0.25) is 0 Å². The Kier molecular flexibility index (Phi) is 48.0. The molecule has 0 saturated carbocycles. The van der Waals surface area contributed by atoms with Gasteiger partial charge in [-0.15, -0.1) is 0 Å². The second-order valence-electron chi connectivity index (χ2n) is 16.7. The minimum atomic E-state index is -0.811. The molecule has 0 rings (SSSR count). The van der Waals surface area contributed by atoms with E-state index in [4.69, 9.17) is 14.2 Å². The van der Waals surface area contributed by atoms with Gasteiger partial charge in [0.25, 0.3) is 0 Å². The molecule has 6 heteroatoms. The minimum Gasteiger partial charge on any atom is -0.462 e. The molecule has 358 valence electrons. The van der Waals surface area contributed by atoms with E-state index in [0.29, 0.717) is 19.3 Å². The van der Waals surface area contributed by atoms with E-state index in [-0.39, 0.29) is 37.5 Å². The summed E-state index contributed by atoms with van der Waals surface area (Å²) >= 11 is 0. The Balaban J connectivity index is 4.52. The Morgan fingerprint density at radius 1 is 0.333 bits per heavy atom. The van der Waals surface area contributed by atoms with Crippen molar-refractivity contribution < 1.29 is 28.6 Å². The van der Waals surface area contributed by atoms with Crippen LogP contribution in [0.15, 0.2) is 97.2 Å². The van der Waals surface area contributed by atoms with Crippen molar-refractivity contribution in [3.8, 4) is 0 Å². The minimum absolute atomic E-state index is 0.106. The second kappa shape index (κ2) is 51.0. The van der Waals surface area contributed by atoms with Crippen molar-refractivity contribution in [2.24, 2.45) is 0 Å². The van der Waals surface area contributed by atoms with Gasteiger partial charge >= 0.3 is 17.9 Å². The van der Waals surface area contributed by atoms with Crippen molar-refractivity contribution in [1.82, 2.24) is 0 Å². The van der Waals surface area contributed by atoms with Crippen LogP contribution in [0.25, 0.3) is 0 Å². The van der Waals surface area contributed by atoms with E-state index in [0.717, 1.165) is 116 Å². The molecule has 0 unspecified atom stereocenters. The number of allylic oxidation sites excluding steroid dienone is 16. The maximum absolute atomic E-state index is 12.8. The highest BCUT2D eigenvalue weighted by atomic mass is 16.6. The average Bonchev–Trinajstić information content (AvgIpc) is 3.28. The third-order valence-corrected chi connectivity index (χ3v) is 10.5. The first kappa shape index (κ1) is 59.3. The molecule has 0 bridgehead atoms. The normalized spacial score (nSPS) is 12.9. The number of hydrogen-bond donors (Lipinski definition) is 0. The number of esters is 3. The molecule has 1 atom stereocenters. The lowest BCUT2D eigenvalue weighted by Crippen LogP contribution is -2.30. The van der Waals surface area contributed by atoms with Crippen molar-refractivity contribution in [2.75, 3.05) is 13.2 Å². The highest BCUT2D eigenvalue weighted by molar-refractivity contribution is 5.71. The maximum Gasteiger partial charge on any atom is 0.306 e. The Labute approximate surface area is 387 Å². The quantitative estimate of drug-likeness (QED) is 0.0262. The molecule has 0 aromatic carbocycles. The zero-order valence-electron chi connectivity index (χ0n) is 40.8. The molecule has 0 amide bonds. The summed E-state index contributed by atoms with van der Waals surface area (Å²) in [4.78, 5) is 38.0. The van der Waals surface area contributed by atoms with Crippen molar-refractivity contribution in [3.63, 3.8) is 0 Å². The van der Waals surface area contributed by atoms with Gasteiger partial charge < -0.3 is 14.2 Å². The Morgan fingerprint density at radius 3 is 1.08 bits per heavy atom. The van der Waals surface area contributed by atoms with Crippen LogP contribution in [0.5, 0.6) is 0 Å². The maximum atomic E-state index is 12.8. The van der Waals surface area contributed by atoms with Gasteiger partial charge in [-0.1, -0.05) is 189 Å². The van der Waals surface area contributed by atoms with Gasteiger partial charge in [-0.2, -0.15) is 0 Å². The van der Waals surface area contributed by atoms with Crippen LogP contribution in [0.1, 0.15) is 226 Å². The number of carbonyl (C=O) groups excluding carboxylic acids is 3. The topological polar surface area (TPSA) is 78.9 Å². The molecule has 0 aliphatic heterocycles. The van der Waals surface area contributed by atoms with Crippen LogP contribution < -0.4 is 0 Å². The molecule has 0 heterocycles. The number of carbonyl (C=O) groups is 3. The van der Waals surface area contributed by atoms with E-state index in [9.17, 15) is 14.4 Å². The predicted molar refractivity (Wildman–Crippen MR) is 270 cm³/mol. The van der Waals surface area contributed by atoms with E-state index in [1.54, 1.807) is 0 Å². The fraction of sp³-hybridized carbons (Fsp3) is 0.667. The molecule has 0 aromatic heterocycles. The van der Waals surface area contributed by atoms with Gasteiger partial charge in [-0.3, -0.25) is 14.4 Å². The first-order valence-corrected chi connectivity index (χ1v) is 25.7. The molecule has 0 saturated heterocycles. The van der Waals surface area contributed by atoms with Crippen LogP contribution in [0.4, 0.5) is 0 Å². The fourth-order valence-electron chi connectivity index (χ4n) is 6.68. The Hall–Kier alpha value is -3.67. The lowest BCUT2D eigenvalue weighted by Gasteiger charge is -2.18. The highest BCUT2D eigenvalue weighted by Gasteiger charge is 2.19. The zero-order chi connectivity index (χ0) is 45.8. The molecule has 0 aromatic rings. The summed E-state index contributed by atoms with van der Waals surface area (Å²) in [6.07, 6.45) is 66.7. The van der Waals surface area contributed by atoms with E-state index in [1.807, 2.05) is 0 Å². The van der Waals surface area contributed by atoms with Crippen molar-refractivity contribution in [2.45, 2.75) is 232 Å². The fourth-order valence-corrected chi connectivity index (χ4v) is 6.68. The number of ether oxygens (including phenoxy) is 3. The van der Waals surface area contributed by atoms with Crippen LogP contribution in [0.2, 0.25) is 0 Å². The number of unbranched alkanes of at least 4 members (excludes halogenated alkanes) is 18. The van der Waals surface area contributed by atoms with Crippen LogP contribution in [-0.4, -0.2) is 37.2 Å². The first-order valence-electron chi connectivity index (χ1n) is 25.7. The third-order valence-electron chi connectivity index (χ3n) is 10.5. The summed E-state index contributed by atoms with van der Waals surface area (Å²) in [7, 11) is 0. The lowest BCUT2D eigenvalue weighted by atomic mass is 10.1. The standard InChI is InChI=1S/C57H94O6/c1-4-7-10-13-16-19-22-25-27-28-30-32-35-38-41-44-47-50-56(59)62-53-54(52-61-55(58)49-46-43-40-37-34-31-24-21-18-15-12-9-6-3)63-57(60)51-48-45-42-39-36-33-29-26-23-20-17-14-11-8-5-2/h7,10,16-17,19-21,24-27,29-30,32,38,41,54H,4-6,8-9,11-15,18,22-23,28,31,33-37,39-40,42-53H2,1-3H3/b10-7-,19-16-,20-17-,24-21-,27-25-,29-26-,32-30-,41-38-/t54-/m1/s1. The van der Waals surface area contributed by atoms with Crippen molar-refractivity contribution in [3.05, 3.63) is 97.2 Å². The lowest BCUT2D eigenvalue weighted by molar-refractivity contribution is -0.167. The second-order valence-corrected chi connectivity index (χ2v) is 16.7. The summed E-state index contributed by atoms with van der Waals surface area (Å²) < 4.78 is 16.7. The van der Waals surface area contributed by atoms with E-state index in [1.165, 1.54) is 64.2 Å². The summed E-state index contributed by atoms with van der Waals surface area (Å²) in [5, 5.41) is 0. The molecule has 0 aliphatic rings. The summed E-state index contributed by atoms with van der Waals surface area (Å²) in [6, 6.07) is 0. The summed E-state index contributed by atoms with van der Waals surface area (Å²) in [5.74, 6) is -0.993. The molecule has 6 nitrogen and oxygen atoms in total. The van der Waals surface area contributed by atoms with Gasteiger partial charge in [0, 0.05) is 19.3 Å². The zero-order valence-corrected chi connectivity index (χ0v) is 40.8.